The molecule has 0 saturated carbocycles. The fourth-order valence-electron chi connectivity index (χ4n) is 1.16. The molecule has 1 aromatic rings. The van der Waals surface area contributed by atoms with Gasteiger partial charge in [-0.1, -0.05) is 0 Å². The van der Waals surface area contributed by atoms with Gasteiger partial charge in [-0.3, -0.25) is 0 Å². The SMILES string of the molecule is COC(C)(C)CCOC(=O)c1csc(C(C)N)n1. The second-order valence-corrected chi connectivity index (χ2v) is 5.60. The van der Waals surface area contributed by atoms with E-state index in [9.17, 15) is 4.79 Å². The Morgan fingerprint density at radius 1 is 1.61 bits per heavy atom. The molecule has 1 aromatic heterocycles. The van der Waals surface area contributed by atoms with Crippen LogP contribution >= 0.6 is 11.3 Å². The lowest BCUT2D eigenvalue weighted by Crippen LogP contribution is -2.25. The van der Waals surface area contributed by atoms with E-state index in [1.165, 1.54) is 11.3 Å². The molecule has 0 aliphatic carbocycles. The Hall–Kier alpha value is -0.980. The molecule has 1 unspecified atom stereocenters. The van der Waals surface area contributed by atoms with Crippen LogP contribution in [0.4, 0.5) is 0 Å². The van der Waals surface area contributed by atoms with Gasteiger partial charge < -0.3 is 15.2 Å². The van der Waals surface area contributed by atoms with Gasteiger partial charge in [0.25, 0.3) is 0 Å². The average molecular weight is 272 g/mol. The monoisotopic (exact) mass is 272 g/mol. The number of hydrogen-bond donors (Lipinski definition) is 1. The van der Waals surface area contributed by atoms with Gasteiger partial charge in [-0.2, -0.15) is 0 Å². The third-order valence-corrected chi connectivity index (χ3v) is 3.66. The van der Waals surface area contributed by atoms with Crippen molar-refractivity contribution in [3.8, 4) is 0 Å². The van der Waals surface area contributed by atoms with E-state index in [1.54, 1.807) is 12.5 Å². The summed E-state index contributed by atoms with van der Waals surface area (Å²) in [4.78, 5) is 15.8. The van der Waals surface area contributed by atoms with E-state index in [1.807, 2.05) is 20.8 Å². The van der Waals surface area contributed by atoms with E-state index >= 15 is 0 Å². The average Bonchev–Trinajstić information content (AvgIpc) is 2.78. The molecule has 18 heavy (non-hydrogen) atoms. The first kappa shape index (κ1) is 15.1. The Labute approximate surface area is 111 Å². The number of carbonyl (C=O) groups excluding carboxylic acids is 1. The molecule has 6 heteroatoms. The van der Waals surface area contributed by atoms with Gasteiger partial charge in [0.2, 0.25) is 0 Å². The van der Waals surface area contributed by atoms with Crippen molar-refractivity contribution in [2.24, 2.45) is 5.73 Å². The Bertz CT molecular complexity index is 402. The van der Waals surface area contributed by atoms with Crippen molar-refractivity contribution in [1.82, 2.24) is 4.98 Å². The predicted octanol–water partition coefficient (Wildman–Crippen LogP) is 2.13. The number of hydrogen-bond acceptors (Lipinski definition) is 6. The fourth-order valence-corrected chi connectivity index (χ4v) is 1.90. The molecule has 0 fully saturated rings. The molecule has 0 bridgehead atoms. The molecule has 0 aliphatic rings. The molecule has 1 heterocycles. The molecule has 0 aliphatic heterocycles. The predicted molar refractivity (Wildman–Crippen MR) is 70.7 cm³/mol. The zero-order chi connectivity index (χ0) is 13.8. The van der Waals surface area contributed by atoms with Crippen LogP contribution < -0.4 is 5.73 Å². The highest BCUT2D eigenvalue weighted by atomic mass is 32.1. The fraction of sp³-hybridized carbons (Fsp3) is 0.667. The maximum Gasteiger partial charge on any atom is 0.357 e. The van der Waals surface area contributed by atoms with E-state index in [2.05, 4.69) is 4.98 Å². The first-order valence-corrected chi connectivity index (χ1v) is 6.67. The maximum absolute atomic E-state index is 11.7. The smallest absolute Gasteiger partial charge is 0.357 e. The maximum atomic E-state index is 11.7. The highest BCUT2D eigenvalue weighted by Gasteiger charge is 2.18. The lowest BCUT2D eigenvalue weighted by atomic mass is 10.1. The molecule has 0 radical (unpaired) electrons. The van der Waals surface area contributed by atoms with E-state index in [4.69, 9.17) is 15.2 Å². The molecular weight excluding hydrogens is 252 g/mol. The topological polar surface area (TPSA) is 74.4 Å². The molecule has 0 saturated heterocycles. The third kappa shape index (κ3) is 4.36. The summed E-state index contributed by atoms with van der Waals surface area (Å²) in [6.07, 6.45) is 0.638. The first-order valence-electron chi connectivity index (χ1n) is 5.79. The van der Waals surface area contributed by atoms with Gasteiger partial charge in [-0.25, -0.2) is 9.78 Å². The number of esters is 1. The lowest BCUT2D eigenvalue weighted by molar-refractivity contribution is -0.00579. The Balaban J connectivity index is 2.45. The van der Waals surface area contributed by atoms with Crippen LogP contribution in [0.1, 0.15) is 48.7 Å². The van der Waals surface area contributed by atoms with Crippen molar-refractivity contribution in [2.75, 3.05) is 13.7 Å². The van der Waals surface area contributed by atoms with Crippen molar-refractivity contribution in [3.63, 3.8) is 0 Å². The second-order valence-electron chi connectivity index (χ2n) is 4.71. The van der Waals surface area contributed by atoms with Gasteiger partial charge in [0.1, 0.15) is 5.01 Å². The molecule has 0 spiro atoms. The van der Waals surface area contributed by atoms with E-state index in [-0.39, 0.29) is 11.6 Å². The molecule has 0 aromatic carbocycles. The molecule has 102 valence electrons. The van der Waals surface area contributed by atoms with Gasteiger partial charge in [0.15, 0.2) is 5.69 Å². The summed E-state index contributed by atoms with van der Waals surface area (Å²) < 4.78 is 10.4. The first-order chi connectivity index (χ1) is 8.35. The van der Waals surface area contributed by atoms with E-state index in [0.29, 0.717) is 18.7 Å². The lowest BCUT2D eigenvalue weighted by Gasteiger charge is -2.22. The number of aromatic nitrogens is 1. The minimum Gasteiger partial charge on any atom is -0.461 e. The minimum absolute atomic E-state index is 0.163. The summed E-state index contributed by atoms with van der Waals surface area (Å²) in [6, 6.07) is -0.163. The van der Waals surface area contributed by atoms with Crippen LogP contribution in [0.5, 0.6) is 0 Å². The van der Waals surface area contributed by atoms with Crippen LogP contribution in [0, 0.1) is 0 Å². The number of methoxy groups -OCH3 is 1. The van der Waals surface area contributed by atoms with Crippen LogP contribution in [-0.2, 0) is 9.47 Å². The number of nitrogens with zero attached hydrogens (tertiary/aromatic N) is 1. The Morgan fingerprint density at radius 2 is 2.28 bits per heavy atom. The summed E-state index contributed by atoms with van der Waals surface area (Å²) in [6.45, 7) is 6.02. The number of rotatable bonds is 6. The molecule has 1 atom stereocenters. The zero-order valence-electron chi connectivity index (χ0n) is 11.2. The van der Waals surface area contributed by atoms with Crippen LogP contribution in [-0.4, -0.2) is 30.3 Å². The number of thiazole rings is 1. The highest BCUT2D eigenvalue weighted by molar-refractivity contribution is 7.09. The molecule has 0 amide bonds. The van der Waals surface area contributed by atoms with Gasteiger partial charge in [-0.05, 0) is 20.8 Å². The molecular formula is C12H20N2O3S. The number of ether oxygens (including phenoxy) is 2. The zero-order valence-corrected chi connectivity index (χ0v) is 12.0. The summed E-state index contributed by atoms with van der Waals surface area (Å²) in [7, 11) is 1.64. The molecule has 1 rings (SSSR count). The third-order valence-electron chi connectivity index (χ3n) is 2.61. The quantitative estimate of drug-likeness (QED) is 0.803. The van der Waals surface area contributed by atoms with Gasteiger partial charge in [0, 0.05) is 18.9 Å². The van der Waals surface area contributed by atoms with Crippen molar-refractivity contribution in [3.05, 3.63) is 16.1 Å². The standard InChI is InChI=1S/C12H20N2O3S/c1-8(13)10-14-9(7-18-10)11(15)17-6-5-12(2,3)16-4/h7-8H,5-6,13H2,1-4H3. The van der Waals surface area contributed by atoms with Crippen LogP contribution in [0.3, 0.4) is 0 Å². The van der Waals surface area contributed by atoms with Crippen molar-refractivity contribution < 1.29 is 14.3 Å². The number of nitrogens with two attached hydrogens (primary N) is 1. The van der Waals surface area contributed by atoms with Crippen LogP contribution in [0.25, 0.3) is 0 Å². The number of carbonyl (C=O) groups is 1. The van der Waals surface area contributed by atoms with Crippen molar-refractivity contribution in [1.29, 1.82) is 0 Å². The molecule has 2 N–H and O–H groups in total. The summed E-state index contributed by atoms with van der Waals surface area (Å²) in [5.41, 5.74) is 5.71. The highest BCUT2D eigenvalue weighted by Crippen LogP contribution is 2.17. The Morgan fingerprint density at radius 3 is 2.78 bits per heavy atom. The van der Waals surface area contributed by atoms with Crippen LogP contribution in [0.15, 0.2) is 5.38 Å². The largest absolute Gasteiger partial charge is 0.461 e. The molecule has 5 nitrogen and oxygen atoms in total. The second kappa shape index (κ2) is 6.26. The van der Waals surface area contributed by atoms with Gasteiger partial charge in [0.05, 0.1) is 18.2 Å². The van der Waals surface area contributed by atoms with Gasteiger partial charge in [-0.15, -0.1) is 11.3 Å². The van der Waals surface area contributed by atoms with Crippen molar-refractivity contribution in [2.45, 2.75) is 38.8 Å². The summed E-state index contributed by atoms with van der Waals surface area (Å²) >= 11 is 1.37. The normalized spacial score (nSPS) is 13.4. The van der Waals surface area contributed by atoms with Gasteiger partial charge >= 0.3 is 5.97 Å². The van der Waals surface area contributed by atoms with E-state index < -0.39 is 5.97 Å². The summed E-state index contributed by atoms with van der Waals surface area (Å²) in [5, 5.41) is 2.40. The van der Waals surface area contributed by atoms with E-state index in [0.717, 1.165) is 5.01 Å². The van der Waals surface area contributed by atoms with Crippen molar-refractivity contribution >= 4 is 17.3 Å². The minimum atomic E-state index is -0.412. The Kier molecular flexibility index (Phi) is 5.25. The summed E-state index contributed by atoms with van der Waals surface area (Å²) in [5.74, 6) is -0.412. The van der Waals surface area contributed by atoms with Crippen LogP contribution in [0.2, 0.25) is 0 Å².